The van der Waals surface area contributed by atoms with Crippen molar-refractivity contribution >= 4 is 23.5 Å². The summed E-state index contributed by atoms with van der Waals surface area (Å²) in [5.74, 6) is 0.506. The Balaban J connectivity index is 2.05. The zero-order chi connectivity index (χ0) is 20.7. The van der Waals surface area contributed by atoms with Crippen LogP contribution in [0.4, 0.5) is 5.69 Å². The van der Waals surface area contributed by atoms with Crippen LogP contribution < -0.4 is 10.6 Å². The monoisotopic (exact) mass is 388 g/mol. The highest BCUT2D eigenvalue weighted by molar-refractivity contribution is 6.01. The summed E-state index contributed by atoms with van der Waals surface area (Å²) in [5, 5.41) is 5.34. The van der Waals surface area contributed by atoms with Crippen molar-refractivity contribution in [2.24, 2.45) is 17.8 Å². The van der Waals surface area contributed by atoms with Crippen molar-refractivity contribution in [1.29, 1.82) is 0 Å². The topological polar surface area (TPSA) is 84.5 Å². The summed E-state index contributed by atoms with van der Waals surface area (Å²) in [5.41, 5.74) is 0.793. The molecule has 1 aliphatic rings. The van der Waals surface area contributed by atoms with Gasteiger partial charge in [-0.3, -0.25) is 9.59 Å². The summed E-state index contributed by atoms with van der Waals surface area (Å²) in [6.07, 6.45) is 3.15. The molecular formula is C22H32N2O4. The van der Waals surface area contributed by atoms with Gasteiger partial charge in [-0.1, -0.05) is 39.3 Å². The van der Waals surface area contributed by atoms with E-state index in [1.54, 1.807) is 24.3 Å². The number of benzene rings is 1. The number of rotatable bonds is 7. The average Bonchev–Trinajstić information content (AvgIpc) is 2.61. The number of hydrogen-bond donors (Lipinski definition) is 2. The smallest absolute Gasteiger partial charge is 0.340 e. The minimum atomic E-state index is -0.400. The number of hydrogen-bond acceptors (Lipinski definition) is 4. The van der Waals surface area contributed by atoms with Crippen LogP contribution in [0.1, 0.15) is 63.7 Å². The summed E-state index contributed by atoms with van der Waals surface area (Å²) < 4.78 is 5.91. The van der Waals surface area contributed by atoms with Crippen molar-refractivity contribution in [1.82, 2.24) is 5.32 Å². The average molecular weight is 389 g/mol. The van der Waals surface area contributed by atoms with Gasteiger partial charge in [0.1, 0.15) is 6.10 Å². The van der Waals surface area contributed by atoms with E-state index in [0.717, 1.165) is 19.3 Å². The molecule has 0 saturated heterocycles. The van der Waals surface area contributed by atoms with Gasteiger partial charge in [-0.2, -0.15) is 0 Å². The molecule has 0 heterocycles. The van der Waals surface area contributed by atoms with Crippen molar-refractivity contribution in [3.63, 3.8) is 0 Å². The van der Waals surface area contributed by atoms with Crippen molar-refractivity contribution in [3.05, 3.63) is 29.8 Å². The Labute approximate surface area is 167 Å². The van der Waals surface area contributed by atoms with E-state index < -0.39 is 5.97 Å². The first-order chi connectivity index (χ1) is 13.3. The third-order valence-electron chi connectivity index (χ3n) is 5.37. The van der Waals surface area contributed by atoms with Gasteiger partial charge >= 0.3 is 5.97 Å². The lowest BCUT2D eigenvalue weighted by Crippen LogP contribution is -2.36. The molecule has 1 aromatic carbocycles. The van der Waals surface area contributed by atoms with Crippen LogP contribution in [0, 0.1) is 17.8 Å². The van der Waals surface area contributed by atoms with Crippen LogP contribution in [0.25, 0.3) is 0 Å². The maximum Gasteiger partial charge on any atom is 0.340 e. The van der Waals surface area contributed by atoms with Gasteiger partial charge in [0.2, 0.25) is 11.8 Å². The molecular weight excluding hydrogens is 356 g/mol. The Morgan fingerprint density at radius 2 is 1.89 bits per heavy atom. The number of amides is 2. The maximum atomic E-state index is 12.9. The molecule has 0 radical (unpaired) electrons. The van der Waals surface area contributed by atoms with Crippen molar-refractivity contribution in [2.45, 2.75) is 59.5 Å². The molecule has 2 N–H and O–H groups in total. The Kier molecular flexibility index (Phi) is 8.03. The summed E-state index contributed by atoms with van der Waals surface area (Å²) >= 11 is 0. The van der Waals surface area contributed by atoms with E-state index in [0.29, 0.717) is 29.0 Å². The number of esters is 1. The van der Waals surface area contributed by atoms with Gasteiger partial charge in [-0.25, -0.2) is 4.79 Å². The minimum Gasteiger partial charge on any atom is -0.458 e. The first kappa shape index (κ1) is 21.9. The van der Waals surface area contributed by atoms with Gasteiger partial charge in [-0.15, -0.1) is 0 Å². The molecule has 0 spiro atoms. The number of nitrogens with one attached hydrogen (secondary N) is 2. The molecule has 0 aliphatic heterocycles. The first-order valence-corrected chi connectivity index (χ1v) is 10.1. The summed E-state index contributed by atoms with van der Waals surface area (Å²) in [6, 6.07) is 6.88. The first-order valence-electron chi connectivity index (χ1n) is 10.1. The normalized spacial score (nSPS) is 21.8. The lowest BCUT2D eigenvalue weighted by Gasteiger charge is -2.36. The predicted octanol–water partition coefficient (Wildman–Crippen LogP) is 3.77. The van der Waals surface area contributed by atoms with E-state index in [4.69, 9.17) is 4.74 Å². The zero-order valence-corrected chi connectivity index (χ0v) is 17.3. The van der Waals surface area contributed by atoms with Gasteiger partial charge in [-0.05, 0) is 42.7 Å². The number of carbonyl (C=O) groups excluding carboxylic acids is 3. The van der Waals surface area contributed by atoms with E-state index in [9.17, 15) is 14.4 Å². The molecule has 1 aromatic rings. The molecule has 154 valence electrons. The molecule has 1 fully saturated rings. The van der Waals surface area contributed by atoms with Gasteiger partial charge in [0.15, 0.2) is 0 Å². The van der Waals surface area contributed by atoms with Gasteiger partial charge in [0.25, 0.3) is 0 Å². The molecule has 2 rings (SSSR count). The molecule has 6 heteroatoms. The third-order valence-corrected chi connectivity index (χ3v) is 5.37. The highest BCUT2D eigenvalue weighted by Gasteiger charge is 2.34. The second-order valence-corrected chi connectivity index (χ2v) is 8.10. The third kappa shape index (κ3) is 6.36. The molecule has 0 aromatic heterocycles. The van der Waals surface area contributed by atoms with E-state index in [2.05, 4.69) is 31.4 Å². The fraction of sp³-hybridized carbons (Fsp3) is 0.591. The summed E-state index contributed by atoms with van der Waals surface area (Å²) in [6.45, 7) is 8.19. The van der Waals surface area contributed by atoms with Crippen LogP contribution in [0.5, 0.6) is 0 Å². The van der Waals surface area contributed by atoms with Gasteiger partial charge in [0, 0.05) is 19.9 Å². The predicted molar refractivity (Wildman–Crippen MR) is 109 cm³/mol. The van der Waals surface area contributed by atoms with Crippen molar-refractivity contribution in [3.8, 4) is 0 Å². The van der Waals surface area contributed by atoms with Crippen LogP contribution in [0.3, 0.4) is 0 Å². The second-order valence-electron chi connectivity index (χ2n) is 8.10. The van der Waals surface area contributed by atoms with Crippen molar-refractivity contribution in [2.75, 3.05) is 11.9 Å². The van der Waals surface area contributed by atoms with E-state index >= 15 is 0 Å². The van der Waals surface area contributed by atoms with Crippen LogP contribution >= 0.6 is 0 Å². The zero-order valence-electron chi connectivity index (χ0n) is 17.3. The highest BCUT2D eigenvalue weighted by Crippen LogP contribution is 2.36. The number of anilines is 1. The Hall–Kier alpha value is -2.37. The standard InChI is InChI=1S/C22H32N2O4/c1-14(2)17-10-9-15(3)13-20(17)28-22(27)18-7-5-6-8-19(18)24-21(26)11-12-23-16(4)25/h5-8,14-15,17,20H,9-13H2,1-4H3,(H,23,25)(H,24,26)/t15-,17+,20-/m1/s1. The minimum absolute atomic E-state index is 0.0974. The molecule has 1 aliphatic carbocycles. The number of para-hydroxylation sites is 1. The number of ether oxygens (including phenoxy) is 1. The Bertz CT molecular complexity index is 702. The number of carbonyl (C=O) groups is 3. The highest BCUT2D eigenvalue weighted by atomic mass is 16.5. The quantitative estimate of drug-likeness (QED) is 0.697. The van der Waals surface area contributed by atoms with Crippen LogP contribution in [-0.4, -0.2) is 30.4 Å². The molecule has 0 bridgehead atoms. The Morgan fingerprint density at radius 1 is 1.18 bits per heavy atom. The summed E-state index contributed by atoms with van der Waals surface area (Å²) in [7, 11) is 0. The molecule has 2 amide bonds. The van der Waals surface area contributed by atoms with E-state index in [-0.39, 0.29) is 30.9 Å². The van der Waals surface area contributed by atoms with Crippen LogP contribution in [0.2, 0.25) is 0 Å². The summed E-state index contributed by atoms with van der Waals surface area (Å²) in [4.78, 5) is 35.9. The molecule has 28 heavy (non-hydrogen) atoms. The molecule has 0 unspecified atom stereocenters. The van der Waals surface area contributed by atoms with Gasteiger partial charge < -0.3 is 15.4 Å². The maximum absolute atomic E-state index is 12.9. The SMILES string of the molecule is CC(=O)NCCC(=O)Nc1ccccc1C(=O)O[C@@H]1C[C@H](C)CC[C@H]1C(C)C. The van der Waals surface area contributed by atoms with Gasteiger partial charge in [0.05, 0.1) is 11.3 Å². The molecule has 1 saturated carbocycles. The molecule has 6 nitrogen and oxygen atoms in total. The van der Waals surface area contributed by atoms with E-state index in [1.807, 2.05) is 0 Å². The lowest BCUT2D eigenvalue weighted by atomic mass is 9.75. The largest absolute Gasteiger partial charge is 0.458 e. The lowest BCUT2D eigenvalue weighted by molar-refractivity contribution is -0.119. The van der Waals surface area contributed by atoms with Crippen molar-refractivity contribution < 1.29 is 19.1 Å². The fourth-order valence-electron chi connectivity index (χ4n) is 3.79. The van der Waals surface area contributed by atoms with Crippen LogP contribution in [-0.2, 0) is 14.3 Å². The Morgan fingerprint density at radius 3 is 2.57 bits per heavy atom. The van der Waals surface area contributed by atoms with Crippen LogP contribution in [0.15, 0.2) is 24.3 Å². The second kappa shape index (κ2) is 10.2. The van der Waals surface area contributed by atoms with E-state index in [1.165, 1.54) is 6.92 Å². The molecule has 3 atom stereocenters. The fourth-order valence-corrected chi connectivity index (χ4v) is 3.79.